The van der Waals surface area contributed by atoms with Crippen molar-refractivity contribution in [2.45, 2.75) is 38.8 Å². The molecule has 0 aliphatic carbocycles. The van der Waals surface area contributed by atoms with Gasteiger partial charge in [-0.2, -0.15) is 0 Å². The summed E-state index contributed by atoms with van der Waals surface area (Å²) in [5, 5.41) is 13.9. The van der Waals surface area contributed by atoms with Crippen LogP contribution in [0.1, 0.15) is 41.3 Å². The van der Waals surface area contributed by atoms with Crippen molar-refractivity contribution in [1.82, 2.24) is 25.4 Å². The molecule has 2 heterocycles. The van der Waals surface area contributed by atoms with E-state index in [0.717, 1.165) is 48.6 Å². The van der Waals surface area contributed by atoms with Gasteiger partial charge in [-0.3, -0.25) is 9.59 Å². The van der Waals surface area contributed by atoms with Gasteiger partial charge >= 0.3 is 0 Å². The van der Waals surface area contributed by atoms with Gasteiger partial charge in [-0.05, 0) is 36.1 Å². The number of hydrogen-bond acceptors (Lipinski definition) is 4. The summed E-state index contributed by atoms with van der Waals surface area (Å²) in [4.78, 5) is 24.5. The first-order valence-corrected chi connectivity index (χ1v) is 10.3. The van der Waals surface area contributed by atoms with E-state index in [-0.39, 0.29) is 18.4 Å². The van der Waals surface area contributed by atoms with Crippen molar-refractivity contribution in [3.05, 3.63) is 71.8 Å². The van der Waals surface area contributed by atoms with Gasteiger partial charge in [-0.25, -0.2) is 0 Å². The second kappa shape index (κ2) is 9.35. The van der Waals surface area contributed by atoms with E-state index in [2.05, 4.69) is 25.4 Å². The molecule has 3 aromatic rings. The van der Waals surface area contributed by atoms with Crippen molar-refractivity contribution in [3.8, 4) is 11.1 Å². The van der Waals surface area contributed by atoms with Gasteiger partial charge < -0.3 is 15.2 Å². The molecule has 0 atom stereocenters. The van der Waals surface area contributed by atoms with Crippen LogP contribution >= 0.6 is 0 Å². The highest BCUT2D eigenvalue weighted by Crippen LogP contribution is 2.19. The maximum Gasteiger partial charge on any atom is 0.251 e. The van der Waals surface area contributed by atoms with E-state index in [9.17, 15) is 9.59 Å². The predicted molar refractivity (Wildman–Crippen MR) is 114 cm³/mol. The molecule has 2 amide bonds. The summed E-state index contributed by atoms with van der Waals surface area (Å²) in [7, 11) is 0. The largest absolute Gasteiger partial charge is 0.347 e. The van der Waals surface area contributed by atoms with Gasteiger partial charge in [0.25, 0.3) is 5.91 Å². The highest BCUT2D eigenvalue weighted by molar-refractivity contribution is 5.96. The number of hydrogen-bond donors (Lipinski definition) is 2. The summed E-state index contributed by atoms with van der Waals surface area (Å²) < 4.78 is 2.10. The van der Waals surface area contributed by atoms with Crippen LogP contribution in [-0.2, 0) is 24.3 Å². The van der Waals surface area contributed by atoms with Crippen LogP contribution in [0.25, 0.3) is 11.1 Å². The number of amides is 2. The van der Waals surface area contributed by atoms with E-state index in [1.165, 1.54) is 6.42 Å². The van der Waals surface area contributed by atoms with E-state index >= 15 is 0 Å². The predicted octanol–water partition coefficient (Wildman–Crippen LogP) is 2.72. The van der Waals surface area contributed by atoms with Crippen LogP contribution in [0, 0.1) is 0 Å². The number of aryl methyl sites for hydroxylation is 1. The lowest BCUT2D eigenvalue weighted by Gasteiger charge is -2.09. The average molecular weight is 403 g/mol. The Morgan fingerprint density at radius 1 is 0.867 bits per heavy atom. The fourth-order valence-corrected chi connectivity index (χ4v) is 3.62. The zero-order chi connectivity index (χ0) is 20.8. The molecule has 7 heteroatoms. The average Bonchev–Trinajstić information content (AvgIpc) is 3.02. The Kier molecular flexibility index (Phi) is 6.17. The number of carbonyl (C=O) groups excluding carboxylic acids is 2. The first-order chi connectivity index (χ1) is 14.7. The number of nitrogens with zero attached hydrogens (tertiary/aromatic N) is 3. The molecule has 7 nitrogen and oxygen atoms in total. The van der Waals surface area contributed by atoms with Crippen molar-refractivity contribution in [3.63, 3.8) is 0 Å². The van der Waals surface area contributed by atoms with Crippen LogP contribution in [-0.4, -0.2) is 33.1 Å². The Morgan fingerprint density at radius 2 is 1.63 bits per heavy atom. The van der Waals surface area contributed by atoms with Crippen LogP contribution in [0.5, 0.6) is 0 Å². The summed E-state index contributed by atoms with van der Waals surface area (Å²) in [6, 6.07) is 17.3. The van der Waals surface area contributed by atoms with Crippen molar-refractivity contribution in [2.24, 2.45) is 0 Å². The molecule has 1 aliphatic rings. The number of carbonyl (C=O) groups is 2. The SMILES string of the molecule is O=C(CNC(=O)c1ccc(-c2ccccc2)cc1)NCc1nnc2n1CCCCC2. The molecule has 0 saturated heterocycles. The molecular formula is C23H25N5O2. The molecule has 4 rings (SSSR count). The second-order valence-electron chi connectivity index (χ2n) is 7.40. The zero-order valence-corrected chi connectivity index (χ0v) is 16.8. The molecule has 1 aliphatic heterocycles. The summed E-state index contributed by atoms with van der Waals surface area (Å²) in [6.45, 7) is 1.12. The first-order valence-electron chi connectivity index (χ1n) is 10.3. The minimum atomic E-state index is -0.277. The smallest absolute Gasteiger partial charge is 0.251 e. The van der Waals surface area contributed by atoms with Crippen LogP contribution in [0.2, 0.25) is 0 Å². The third-order valence-electron chi connectivity index (χ3n) is 5.29. The van der Waals surface area contributed by atoms with Gasteiger partial charge in [0, 0.05) is 18.5 Å². The fraction of sp³-hybridized carbons (Fsp3) is 0.304. The minimum Gasteiger partial charge on any atom is -0.347 e. The van der Waals surface area contributed by atoms with E-state index in [0.29, 0.717) is 12.1 Å². The molecule has 0 spiro atoms. The van der Waals surface area contributed by atoms with Crippen molar-refractivity contribution in [2.75, 3.05) is 6.54 Å². The Morgan fingerprint density at radius 3 is 2.43 bits per heavy atom. The van der Waals surface area contributed by atoms with Gasteiger partial charge in [0.1, 0.15) is 5.82 Å². The summed E-state index contributed by atoms with van der Waals surface area (Å²) in [6.07, 6.45) is 4.35. The van der Waals surface area contributed by atoms with E-state index in [4.69, 9.17) is 0 Å². The third kappa shape index (κ3) is 4.74. The quantitative estimate of drug-likeness (QED) is 0.662. The van der Waals surface area contributed by atoms with Gasteiger partial charge in [0.15, 0.2) is 5.82 Å². The van der Waals surface area contributed by atoms with Crippen LogP contribution < -0.4 is 10.6 Å². The second-order valence-corrected chi connectivity index (χ2v) is 7.40. The summed E-state index contributed by atoms with van der Waals surface area (Å²) in [5.41, 5.74) is 2.65. The maximum atomic E-state index is 12.3. The first kappa shape index (κ1) is 19.8. The summed E-state index contributed by atoms with van der Waals surface area (Å²) >= 11 is 0. The van der Waals surface area contributed by atoms with Gasteiger partial charge in [0.05, 0.1) is 13.1 Å². The molecular weight excluding hydrogens is 378 g/mol. The lowest BCUT2D eigenvalue weighted by atomic mass is 10.0. The van der Waals surface area contributed by atoms with Gasteiger partial charge in [-0.15, -0.1) is 10.2 Å². The van der Waals surface area contributed by atoms with E-state index in [1.807, 2.05) is 42.5 Å². The Hall–Kier alpha value is -3.48. The zero-order valence-electron chi connectivity index (χ0n) is 16.8. The number of rotatable bonds is 6. The van der Waals surface area contributed by atoms with Crippen molar-refractivity contribution >= 4 is 11.8 Å². The minimum absolute atomic E-state index is 0.0831. The van der Waals surface area contributed by atoms with E-state index < -0.39 is 0 Å². The molecule has 0 radical (unpaired) electrons. The van der Waals surface area contributed by atoms with Gasteiger partial charge in [-0.1, -0.05) is 48.9 Å². The lowest BCUT2D eigenvalue weighted by Crippen LogP contribution is -2.37. The highest BCUT2D eigenvalue weighted by atomic mass is 16.2. The van der Waals surface area contributed by atoms with Crippen molar-refractivity contribution in [1.29, 1.82) is 0 Å². The molecule has 0 unspecified atom stereocenters. The monoisotopic (exact) mass is 403 g/mol. The third-order valence-corrected chi connectivity index (χ3v) is 5.29. The molecule has 0 saturated carbocycles. The van der Waals surface area contributed by atoms with Crippen molar-refractivity contribution < 1.29 is 9.59 Å². The van der Waals surface area contributed by atoms with Crippen LogP contribution in [0.3, 0.4) is 0 Å². The Balaban J connectivity index is 1.27. The topological polar surface area (TPSA) is 88.9 Å². The molecule has 2 N–H and O–H groups in total. The van der Waals surface area contributed by atoms with Gasteiger partial charge in [0.2, 0.25) is 5.91 Å². The Labute approximate surface area is 175 Å². The number of benzene rings is 2. The van der Waals surface area contributed by atoms with Crippen LogP contribution in [0.15, 0.2) is 54.6 Å². The number of fused-ring (bicyclic) bond motifs is 1. The molecule has 0 fully saturated rings. The lowest BCUT2D eigenvalue weighted by molar-refractivity contribution is -0.120. The molecule has 0 bridgehead atoms. The standard InChI is InChI=1S/C23H25N5O2/c29-22(24-15-21-27-26-20-9-5-2-6-14-28(20)21)16-25-23(30)19-12-10-18(11-13-19)17-7-3-1-4-8-17/h1,3-4,7-8,10-13H,2,5-6,9,14-16H2,(H,24,29)(H,25,30). The maximum absolute atomic E-state index is 12.3. The number of aromatic nitrogens is 3. The summed E-state index contributed by atoms with van der Waals surface area (Å²) in [5.74, 6) is 1.23. The highest BCUT2D eigenvalue weighted by Gasteiger charge is 2.15. The molecule has 1 aromatic heterocycles. The molecule has 2 aromatic carbocycles. The van der Waals surface area contributed by atoms with Crippen LogP contribution in [0.4, 0.5) is 0 Å². The fourth-order valence-electron chi connectivity index (χ4n) is 3.62. The normalized spacial score (nSPS) is 13.2. The Bertz CT molecular complexity index is 1010. The number of nitrogens with one attached hydrogen (secondary N) is 2. The van der Waals surface area contributed by atoms with E-state index in [1.54, 1.807) is 12.1 Å². The molecule has 30 heavy (non-hydrogen) atoms. The molecule has 154 valence electrons.